The number of aliphatic hydroxyl groups excluding tert-OH is 1. The summed E-state index contributed by atoms with van der Waals surface area (Å²) in [5.41, 5.74) is 2.38. The van der Waals surface area contributed by atoms with Gasteiger partial charge in [0.1, 0.15) is 12.3 Å². The predicted molar refractivity (Wildman–Crippen MR) is 88.2 cm³/mol. The van der Waals surface area contributed by atoms with Crippen LogP contribution in [-0.4, -0.2) is 30.0 Å². The first-order valence-corrected chi connectivity index (χ1v) is 7.54. The molecule has 23 heavy (non-hydrogen) atoms. The summed E-state index contributed by atoms with van der Waals surface area (Å²) in [6.45, 7) is -0.206. The zero-order valence-electron chi connectivity index (χ0n) is 12.6. The van der Waals surface area contributed by atoms with Crippen molar-refractivity contribution in [2.75, 3.05) is 18.2 Å². The van der Waals surface area contributed by atoms with E-state index in [0.717, 1.165) is 11.3 Å². The molecule has 3 rings (SSSR count). The fraction of sp³-hybridized carbons (Fsp3) is 0.222. The van der Waals surface area contributed by atoms with Gasteiger partial charge in [-0.25, -0.2) is 4.79 Å². The lowest BCUT2D eigenvalue weighted by atomic mass is 10.0. The lowest BCUT2D eigenvalue weighted by molar-refractivity contribution is -0.136. The fourth-order valence-corrected chi connectivity index (χ4v) is 2.61. The summed E-state index contributed by atoms with van der Waals surface area (Å²) in [6, 6.07) is 19.7. The van der Waals surface area contributed by atoms with Crippen molar-refractivity contribution in [3.63, 3.8) is 0 Å². The summed E-state index contributed by atoms with van der Waals surface area (Å²) >= 11 is 0. The number of hydrogen-bond donors (Lipinski definition) is 1. The molecule has 5 nitrogen and oxygen atoms in total. The van der Waals surface area contributed by atoms with Gasteiger partial charge in [-0.3, -0.25) is 5.01 Å². The number of rotatable bonds is 5. The summed E-state index contributed by atoms with van der Waals surface area (Å²) in [7, 11) is 0. The Labute approximate surface area is 134 Å². The van der Waals surface area contributed by atoms with Crippen molar-refractivity contribution in [3.8, 4) is 0 Å². The molecule has 0 amide bonds. The van der Waals surface area contributed by atoms with E-state index in [4.69, 9.17) is 9.84 Å². The third-order valence-electron chi connectivity index (χ3n) is 3.68. The molecule has 0 saturated heterocycles. The number of anilines is 1. The van der Waals surface area contributed by atoms with E-state index in [9.17, 15) is 4.79 Å². The molecular weight excluding hydrogens is 292 g/mol. The molecule has 2 aromatic rings. The number of nitrogens with zero attached hydrogens (tertiary/aromatic N) is 2. The van der Waals surface area contributed by atoms with Crippen molar-refractivity contribution in [1.82, 2.24) is 0 Å². The SMILES string of the molecule is O=C(OCCO)C1=NN(c2ccccc2)[C@H](c2ccccc2)C1. The highest BCUT2D eigenvalue weighted by Crippen LogP contribution is 2.35. The van der Waals surface area contributed by atoms with Crippen LogP contribution in [0.15, 0.2) is 65.8 Å². The van der Waals surface area contributed by atoms with Crippen molar-refractivity contribution < 1.29 is 14.6 Å². The molecule has 0 spiro atoms. The molecule has 0 aromatic heterocycles. The van der Waals surface area contributed by atoms with Crippen LogP contribution in [0, 0.1) is 0 Å². The minimum absolute atomic E-state index is 0.0147. The van der Waals surface area contributed by atoms with Gasteiger partial charge in [-0.2, -0.15) is 5.10 Å². The van der Waals surface area contributed by atoms with Gasteiger partial charge in [-0.1, -0.05) is 48.5 Å². The van der Waals surface area contributed by atoms with E-state index in [1.165, 1.54) is 0 Å². The van der Waals surface area contributed by atoms with E-state index in [1.807, 2.05) is 65.7 Å². The topological polar surface area (TPSA) is 62.1 Å². The molecule has 1 aliphatic heterocycles. The summed E-state index contributed by atoms with van der Waals surface area (Å²) in [5, 5.41) is 15.1. The van der Waals surface area contributed by atoms with Gasteiger partial charge in [-0.05, 0) is 17.7 Å². The van der Waals surface area contributed by atoms with Gasteiger partial charge in [-0.15, -0.1) is 0 Å². The highest BCUT2D eigenvalue weighted by molar-refractivity contribution is 6.37. The molecule has 0 saturated carbocycles. The zero-order valence-corrected chi connectivity index (χ0v) is 12.6. The maximum absolute atomic E-state index is 12.1. The summed E-state index contributed by atoms with van der Waals surface area (Å²) in [5.74, 6) is -0.474. The normalized spacial score (nSPS) is 17.0. The average molecular weight is 310 g/mol. The van der Waals surface area contributed by atoms with Crippen molar-refractivity contribution in [1.29, 1.82) is 0 Å². The molecule has 2 aromatic carbocycles. The Morgan fingerprint density at radius 1 is 1.13 bits per heavy atom. The molecule has 0 radical (unpaired) electrons. The van der Waals surface area contributed by atoms with Gasteiger partial charge in [0.25, 0.3) is 0 Å². The first-order chi connectivity index (χ1) is 11.3. The van der Waals surface area contributed by atoms with Gasteiger partial charge in [0.05, 0.1) is 18.3 Å². The Bertz CT molecular complexity index is 686. The molecular formula is C18H18N2O3. The highest BCUT2D eigenvalue weighted by Gasteiger charge is 2.32. The molecule has 5 heteroatoms. The Morgan fingerprint density at radius 3 is 2.43 bits per heavy atom. The summed E-state index contributed by atoms with van der Waals surface area (Å²) in [4.78, 5) is 12.1. The number of aliphatic hydroxyl groups is 1. The number of hydrogen-bond acceptors (Lipinski definition) is 5. The first kappa shape index (κ1) is 15.2. The van der Waals surface area contributed by atoms with E-state index >= 15 is 0 Å². The molecule has 118 valence electrons. The van der Waals surface area contributed by atoms with Crippen LogP contribution in [0.5, 0.6) is 0 Å². The molecule has 0 aliphatic carbocycles. The molecule has 0 fully saturated rings. The standard InChI is InChI=1S/C18H18N2O3/c21-11-12-23-18(22)16-13-17(14-7-3-1-4-8-14)20(19-16)15-9-5-2-6-10-15/h1-10,17,21H,11-13H2/t17-/m0/s1. The summed E-state index contributed by atoms with van der Waals surface area (Å²) in [6.07, 6.45) is 0.475. The number of para-hydroxylation sites is 1. The maximum Gasteiger partial charge on any atom is 0.354 e. The number of benzene rings is 2. The minimum atomic E-state index is -0.474. The van der Waals surface area contributed by atoms with Gasteiger partial charge in [0.15, 0.2) is 0 Å². The Kier molecular flexibility index (Phi) is 4.68. The van der Waals surface area contributed by atoms with Crippen LogP contribution in [0.2, 0.25) is 0 Å². The third kappa shape index (κ3) is 3.40. The molecule has 1 atom stereocenters. The molecule has 1 aliphatic rings. The first-order valence-electron chi connectivity index (χ1n) is 7.54. The smallest absolute Gasteiger partial charge is 0.354 e. The molecule has 1 N–H and O–H groups in total. The second-order valence-corrected chi connectivity index (χ2v) is 5.22. The molecule has 0 bridgehead atoms. The van der Waals surface area contributed by atoms with Crippen LogP contribution >= 0.6 is 0 Å². The van der Waals surface area contributed by atoms with Crippen molar-refractivity contribution in [3.05, 3.63) is 66.2 Å². The van der Waals surface area contributed by atoms with Gasteiger partial charge in [0, 0.05) is 6.42 Å². The van der Waals surface area contributed by atoms with Crippen molar-refractivity contribution in [2.45, 2.75) is 12.5 Å². The van der Waals surface area contributed by atoms with Crippen LogP contribution in [0.4, 0.5) is 5.69 Å². The number of hydrazone groups is 1. The molecule has 1 heterocycles. The maximum atomic E-state index is 12.1. The molecule has 0 unspecified atom stereocenters. The van der Waals surface area contributed by atoms with Crippen LogP contribution in [0.25, 0.3) is 0 Å². The fourth-order valence-electron chi connectivity index (χ4n) is 2.61. The van der Waals surface area contributed by atoms with E-state index in [0.29, 0.717) is 12.1 Å². The lowest BCUT2D eigenvalue weighted by Gasteiger charge is -2.23. The van der Waals surface area contributed by atoms with Crippen LogP contribution in [0.3, 0.4) is 0 Å². The quantitative estimate of drug-likeness (QED) is 0.862. The van der Waals surface area contributed by atoms with E-state index < -0.39 is 5.97 Å². The Balaban J connectivity index is 1.89. The lowest BCUT2D eigenvalue weighted by Crippen LogP contribution is -2.19. The van der Waals surface area contributed by atoms with Crippen molar-refractivity contribution in [2.24, 2.45) is 5.10 Å². The van der Waals surface area contributed by atoms with Crippen LogP contribution < -0.4 is 5.01 Å². The van der Waals surface area contributed by atoms with E-state index in [2.05, 4.69) is 5.10 Å². The second-order valence-electron chi connectivity index (χ2n) is 5.22. The van der Waals surface area contributed by atoms with Crippen LogP contribution in [0.1, 0.15) is 18.0 Å². The average Bonchev–Trinajstić information content (AvgIpc) is 3.06. The van der Waals surface area contributed by atoms with E-state index in [1.54, 1.807) is 0 Å². The van der Waals surface area contributed by atoms with Crippen LogP contribution in [-0.2, 0) is 9.53 Å². The van der Waals surface area contributed by atoms with E-state index in [-0.39, 0.29) is 19.3 Å². The van der Waals surface area contributed by atoms with Crippen molar-refractivity contribution >= 4 is 17.4 Å². The Morgan fingerprint density at radius 2 is 1.78 bits per heavy atom. The minimum Gasteiger partial charge on any atom is -0.459 e. The zero-order chi connectivity index (χ0) is 16.1. The number of carbonyl (C=O) groups excluding carboxylic acids is 1. The Hall–Kier alpha value is -2.66. The number of esters is 1. The largest absolute Gasteiger partial charge is 0.459 e. The predicted octanol–water partition coefficient (Wildman–Crippen LogP) is 2.53. The highest BCUT2D eigenvalue weighted by atomic mass is 16.5. The monoisotopic (exact) mass is 310 g/mol. The number of carbonyl (C=O) groups is 1. The van der Waals surface area contributed by atoms with Gasteiger partial charge in [0.2, 0.25) is 0 Å². The van der Waals surface area contributed by atoms with Gasteiger partial charge >= 0.3 is 5.97 Å². The summed E-state index contributed by atoms with van der Waals surface area (Å²) < 4.78 is 5.00. The third-order valence-corrected chi connectivity index (χ3v) is 3.68. The van der Waals surface area contributed by atoms with Gasteiger partial charge < -0.3 is 9.84 Å². The number of ether oxygens (including phenoxy) is 1. The second kappa shape index (κ2) is 7.07.